The molecule has 128 valence electrons. The SMILES string of the molecule is CN=C(NCc1cccc(OC)c1OC)NC1CCC(C)CC1. The number of rotatable bonds is 5. The average Bonchev–Trinajstić information content (AvgIpc) is 2.59. The first-order valence-electron chi connectivity index (χ1n) is 8.35. The van der Waals surface area contributed by atoms with Crippen LogP contribution < -0.4 is 20.1 Å². The number of ether oxygens (including phenoxy) is 2. The summed E-state index contributed by atoms with van der Waals surface area (Å²) < 4.78 is 10.8. The van der Waals surface area contributed by atoms with E-state index in [1.165, 1.54) is 25.7 Å². The number of guanidine groups is 1. The molecule has 0 aliphatic heterocycles. The third-order valence-electron chi connectivity index (χ3n) is 4.51. The van der Waals surface area contributed by atoms with E-state index in [9.17, 15) is 0 Å². The summed E-state index contributed by atoms with van der Waals surface area (Å²) in [6.45, 7) is 2.97. The van der Waals surface area contributed by atoms with Gasteiger partial charge in [-0.15, -0.1) is 0 Å². The zero-order valence-corrected chi connectivity index (χ0v) is 14.7. The monoisotopic (exact) mass is 319 g/mol. The lowest BCUT2D eigenvalue weighted by molar-refractivity contribution is 0.329. The molecule has 1 saturated carbocycles. The second-order valence-electron chi connectivity index (χ2n) is 6.18. The fourth-order valence-corrected chi connectivity index (χ4v) is 3.06. The van der Waals surface area contributed by atoms with E-state index in [0.717, 1.165) is 28.9 Å². The molecular formula is C18H29N3O2. The van der Waals surface area contributed by atoms with Gasteiger partial charge in [0.2, 0.25) is 0 Å². The van der Waals surface area contributed by atoms with Crippen LogP contribution in [0.4, 0.5) is 0 Å². The van der Waals surface area contributed by atoms with Crippen molar-refractivity contribution < 1.29 is 9.47 Å². The minimum atomic E-state index is 0.518. The summed E-state index contributed by atoms with van der Waals surface area (Å²) in [5.41, 5.74) is 1.05. The zero-order chi connectivity index (χ0) is 16.7. The van der Waals surface area contributed by atoms with E-state index in [1.807, 2.05) is 25.2 Å². The first kappa shape index (κ1) is 17.4. The summed E-state index contributed by atoms with van der Waals surface area (Å²) in [6.07, 6.45) is 5.01. The molecule has 2 rings (SSSR count). The molecule has 1 aromatic carbocycles. The summed E-state index contributed by atoms with van der Waals surface area (Å²) in [4.78, 5) is 4.34. The van der Waals surface area contributed by atoms with Gasteiger partial charge in [0, 0.05) is 25.2 Å². The van der Waals surface area contributed by atoms with Gasteiger partial charge in [-0.05, 0) is 37.7 Å². The highest BCUT2D eigenvalue weighted by Crippen LogP contribution is 2.30. The maximum absolute atomic E-state index is 5.47. The van der Waals surface area contributed by atoms with Crippen LogP contribution >= 0.6 is 0 Å². The molecule has 5 heteroatoms. The van der Waals surface area contributed by atoms with Crippen molar-refractivity contribution in [3.05, 3.63) is 23.8 Å². The van der Waals surface area contributed by atoms with Crippen LogP contribution in [0.15, 0.2) is 23.2 Å². The van der Waals surface area contributed by atoms with Crippen molar-refractivity contribution in [2.75, 3.05) is 21.3 Å². The predicted molar refractivity (Wildman–Crippen MR) is 94.3 cm³/mol. The fraction of sp³-hybridized carbons (Fsp3) is 0.611. The predicted octanol–water partition coefficient (Wildman–Crippen LogP) is 2.95. The van der Waals surface area contributed by atoms with Gasteiger partial charge in [-0.3, -0.25) is 4.99 Å². The Bertz CT molecular complexity index is 523. The molecule has 5 nitrogen and oxygen atoms in total. The fourth-order valence-electron chi connectivity index (χ4n) is 3.06. The molecule has 0 bridgehead atoms. The molecule has 0 radical (unpaired) electrons. The number of methoxy groups -OCH3 is 2. The summed E-state index contributed by atoms with van der Waals surface area (Å²) in [6, 6.07) is 6.42. The lowest BCUT2D eigenvalue weighted by atomic mass is 9.87. The van der Waals surface area contributed by atoms with Crippen LogP contribution in [0.5, 0.6) is 11.5 Å². The second kappa shape index (κ2) is 8.65. The zero-order valence-electron chi connectivity index (χ0n) is 14.7. The second-order valence-corrected chi connectivity index (χ2v) is 6.18. The Hall–Kier alpha value is -1.91. The first-order valence-corrected chi connectivity index (χ1v) is 8.35. The Labute approximate surface area is 139 Å². The van der Waals surface area contributed by atoms with Gasteiger partial charge in [-0.25, -0.2) is 0 Å². The highest BCUT2D eigenvalue weighted by Gasteiger charge is 2.19. The molecule has 0 atom stereocenters. The van der Waals surface area contributed by atoms with Crippen LogP contribution in [-0.4, -0.2) is 33.3 Å². The van der Waals surface area contributed by atoms with Crippen LogP contribution in [0.1, 0.15) is 38.2 Å². The lowest BCUT2D eigenvalue weighted by Gasteiger charge is -2.28. The number of nitrogens with one attached hydrogen (secondary N) is 2. The standard InChI is InChI=1S/C18H29N3O2/c1-13-8-10-15(11-9-13)21-18(19-2)20-12-14-6-5-7-16(22-3)17(14)23-4/h5-7,13,15H,8-12H2,1-4H3,(H2,19,20,21). The van der Waals surface area contributed by atoms with Crippen molar-refractivity contribution in [2.24, 2.45) is 10.9 Å². The Morgan fingerprint density at radius 1 is 1.17 bits per heavy atom. The number of benzene rings is 1. The Morgan fingerprint density at radius 3 is 2.52 bits per heavy atom. The molecule has 0 unspecified atom stereocenters. The highest BCUT2D eigenvalue weighted by atomic mass is 16.5. The minimum absolute atomic E-state index is 0.518. The topological polar surface area (TPSA) is 54.9 Å². The number of hydrogen-bond donors (Lipinski definition) is 2. The maximum atomic E-state index is 5.47. The van der Waals surface area contributed by atoms with E-state index in [0.29, 0.717) is 12.6 Å². The molecule has 1 aliphatic carbocycles. The van der Waals surface area contributed by atoms with E-state index in [4.69, 9.17) is 9.47 Å². The average molecular weight is 319 g/mol. The van der Waals surface area contributed by atoms with Gasteiger partial charge in [-0.1, -0.05) is 19.1 Å². The number of hydrogen-bond acceptors (Lipinski definition) is 3. The molecule has 0 saturated heterocycles. The third kappa shape index (κ3) is 4.78. The van der Waals surface area contributed by atoms with E-state index >= 15 is 0 Å². The van der Waals surface area contributed by atoms with Crippen LogP contribution in [0.2, 0.25) is 0 Å². The number of aliphatic imine (C=N–C) groups is 1. The molecule has 0 aromatic heterocycles. The summed E-state index contributed by atoms with van der Waals surface area (Å²) in [5.74, 6) is 3.21. The maximum Gasteiger partial charge on any atom is 0.191 e. The van der Waals surface area contributed by atoms with Crippen molar-refractivity contribution in [3.8, 4) is 11.5 Å². The molecule has 1 aliphatic rings. The van der Waals surface area contributed by atoms with E-state index in [1.54, 1.807) is 14.2 Å². The van der Waals surface area contributed by atoms with E-state index < -0.39 is 0 Å². The Morgan fingerprint density at radius 2 is 1.91 bits per heavy atom. The van der Waals surface area contributed by atoms with Crippen molar-refractivity contribution in [1.82, 2.24) is 10.6 Å². The summed E-state index contributed by atoms with van der Waals surface area (Å²) >= 11 is 0. The quantitative estimate of drug-likeness (QED) is 0.647. The third-order valence-corrected chi connectivity index (χ3v) is 4.51. The van der Waals surface area contributed by atoms with Crippen LogP contribution in [-0.2, 0) is 6.54 Å². The van der Waals surface area contributed by atoms with E-state index in [-0.39, 0.29) is 0 Å². The summed E-state index contributed by atoms with van der Waals surface area (Å²) in [5, 5.41) is 6.90. The van der Waals surface area contributed by atoms with Crippen LogP contribution in [0, 0.1) is 5.92 Å². The normalized spacial score (nSPS) is 21.7. The van der Waals surface area contributed by atoms with E-state index in [2.05, 4.69) is 22.5 Å². The smallest absolute Gasteiger partial charge is 0.191 e. The molecule has 1 aromatic rings. The number of nitrogens with zero attached hydrogens (tertiary/aromatic N) is 1. The van der Waals surface area contributed by atoms with Gasteiger partial charge in [0.25, 0.3) is 0 Å². The largest absolute Gasteiger partial charge is 0.493 e. The van der Waals surface area contributed by atoms with Gasteiger partial charge < -0.3 is 20.1 Å². The van der Waals surface area contributed by atoms with Gasteiger partial charge in [-0.2, -0.15) is 0 Å². The number of para-hydroxylation sites is 1. The first-order chi connectivity index (χ1) is 11.2. The molecular weight excluding hydrogens is 290 g/mol. The van der Waals surface area contributed by atoms with Crippen molar-refractivity contribution in [1.29, 1.82) is 0 Å². The summed E-state index contributed by atoms with van der Waals surface area (Å²) in [7, 11) is 5.13. The van der Waals surface area contributed by atoms with Crippen LogP contribution in [0.3, 0.4) is 0 Å². The molecule has 23 heavy (non-hydrogen) atoms. The van der Waals surface area contributed by atoms with Crippen molar-refractivity contribution in [3.63, 3.8) is 0 Å². The minimum Gasteiger partial charge on any atom is -0.493 e. The van der Waals surface area contributed by atoms with Gasteiger partial charge in [0.05, 0.1) is 14.2 Å². The van der Waals surface area contributed by atoms with Crippen LogP contribution in [0.25, 0.3) is 0 Å². The molecule has 0 heterocycles. The van der Waals surface area contributed by atoms with Gasteiger partial charge in [0.1, 0.15) is 0 Å². The highest BCUT2D eigenvalue weighted by molar-refractivity contribution is 5.80. The molecule has 0 spiro atoms. The Kier molecular flexibility index (Phi) is 6.56. The van der Waals surface area contributed by atoms with Gasteiger partial charge in [0.15, 0.2) is 17.5 Å². The lowest BCUT2D eigenvalue weighted by Crippen LogP contribution is -2.44. The molecule has 0 amide bonds. The molecule has 1 fully saturated rings. The Balaban J connectivity index is 1.93. The van der Waals surface area contributed by atoms with Crippen molar-refractivity contribution >= 4 is 5.96 Å². The molecule has 2 N–H and O–H groups in total. The van der Waals surface area contributed by atoms with Gasteiger partial charge >= 0.3 is 0 Å². The van der Waals surface area contributed by atoms with Crippen molar-refractivity contribution in [2.45, 2.75) is 45.2 Å².